The van der Waals surface area contributed by atoms with E-state index in [0.29, 0.717) is 13.2 Å². The van der Waals surface area contributed by atoms with Crippen LogP contribution in [-0.4, -0.2) is 30.5 Å². The van der Waals surface area contributed by atoms with E-state index in [0.717, 1.165) is 25.2 Å². The van der Waals surface area contributed by atoms with Gasteiger partial charge < -0.3 is 15.6 Å². The van der Waals surface area contributed by atoms with Crippen LogP contribution in [0.4, 0.5) is 0 Å². The molecule has 3 N–H and O–H groups in total. The molecule has 1 fully saturated rings. The molecular formula is C13H27NO2. The van der Waals surface area contributed by atoms with Gasteiger partial charge in [-0.2, -0.15) is 0 Å². The third-order valence-electron chi connectivity index (χ3n) is 3.91. The van der Waals surface area contributed by atoms with Crippen molar-refractivity contribution in [3.63, 3.8) is 0 Å². The van der Waals surface area contributed by atoms with Gasteiger partial charge in [-0.1, -0.05) is 26.2 Å². The van der Waals surface area contributed by atoms with Crippen molar-refractivity contribution >= 4 is 0 Å². The first kappa shape index (κ1) is 13.9. The largest absolute Gasteiger partial charge is 0.396 e. The van der Waals surface area contributed by atoms with Gasteiger partial charge in [-0.25, -0.2) is 0 Å². The zero-order valence-electron chi connectivity index (χ0n) is 10.6. The Morgan fingerprint density at radius 2 is 2.19 bits per heavy atom. The molecule has 2 unspecified atom stereocenters. The summed E-state index contributed by atoms with van der Waals surface area (Å²) in [7, 11) is 0. The van der Waals surface area contributed by atoms with Crippen molar-refractivity contribution in [1.29, 1.82) is 0 Å². The van der Waals surface area contributed by atoms with Crippen molar-refractivity contribution in [2.75, 3.05) is 19.8 Å². The minimum atomic E-state index is -0.0981. The molecule has 1 saturated carbocycles. The maximum absolute atomic E-state index is 8.78. The second-order valence-electron chi connectivity index (χ2n) is 5.02. The van der Waals surface area contributed by atoms with Gasteiger partial charge in [0, 0.05) is 19.8 Å². The molecule has 0 radical (unpaired) electrons. The summed E-state index contributed by atoms with van der Waals surface area (Å²) in [6.07, 6.45) is 7.97. The fourth-order valence-corrected chi connectivity index (χ4v) is 2.62. The van der Waals surface area contributed by atoms with E-state index < -0.39 is 0 Å². The average molecular weight is 229 g/mol. The quantitative estimate of drug-likeness (QED) is 0.541. The number of aliphatic hydroxyl groups is 1. The molecule has 16 heavy (non-hydrogen) atoms. The Bertz CT molecular complexity index is 187. The predicted octanol–water partition coefficient (Wildman–Crippen LogP) is 2.07. The first-order chi connectivity index (χ1) is 7.76. The summed E-state index contributed by atoms with van der Waals surface area (Å²) < 4.78 is 5.95. The highest BCUT2D eigenvalue weighted by atomic mass is 16.5. The number of rotatable bonds is 6. The number of hydrogen-bond acceptors (Lipinski definition) is 3. The number of nitrogens with two attached hydrogens (primary N) is 1. The number of ether oxygens (including phenoxy) is 1. The molecule has 0 spiro atoms. The van der Waals surface area contributed by atoms with E-state index >= 15 is 0 Å². The Labute approximate surface area is 99.4 Å². The van der Waals surface area contributed by atoms with Crippen LogP contribution >= 0.6 is 0 Å². The molecule has 3 heteroatoms. The summed E-state index contributed by atoms with van der Waals surface area (Å²) in [5.74, 6) is 0.856. The van der Waals surface area contributed by atoms with Gasteiger partial charge in [0.2, 0.25) is 0 Å². The van der Waals surface area contributed by atoms with Gasteiger partial charge in [-0.05, 0) is 31.6 Å². The van der Waals surface area contributed by atoms with Crippen molar-refractivity contribution in [1.82, 2.24) is 0 Å². The van der Waals surface area contributed by atoms with Crippen molar-refractivity contribution < 1.29 is 9.84 Å². The summed E-state index contributed by atoms with van der Waals surface area (Å²) in [5.41, 5.74) is 5.79. The Morgan fingerprint density at radius 3 is 2.81 bits per heavy atom. The van der Waals surface area contributed by atoms with Crippen LogP contribution < -0.4 is 5.73 Å². The Morgan fingerprint density at radius 1 is 1.38 bits per heavy atom. The van der Waals surface area contributed by atoms with Gasteiger partial charge in [0.15, 0.2) is 0 Å². The summed E-state index contributed by atoms with van der Waals surface area (Å²) in [6.45, 7) is 3.74. The summed E-state index contributed by atoms with van der Waals surface area (Å²) in [5, 5.41) is 8.78. The molecule has 0 aromatic rings. The minimum absolute atomic E-state index is 0.0981. The van der Waals surface area contributed by atoms with Crippen LogP contribution in [-0.2, 0) is 4.74 Å². The highest BCUT2D eigenvalue weighted by molar-refractivity contribution is 4.86. The second-order valence-corrected chi connectivity index (χ2v) is 5.02. The first-order valence-electron chi connectivity index (χ1n) is 6.71. The minimum Gasteiger partial charge on any atom is -0.396 e. The zero-order chi connectivity index (χ0) is 11.9. The van der Waals surface area contributed by atoms with E-state index in [-0.39, 0.29) is 12.2 Å². The predicted molar refractivity (Wildman–Crippen MR) is 66.3 cm³/mol. The lowest BCUT2D eigenvalue weighted by Crippen LogP contribution is -2.40. The average Bonchev–Trinajstić information content (AvgIpc) is 2.52. The van der Waals surface area contributed by atoms with Crippen LogP contribution in [0.3, 0.4) is 0 Å². The highest BCUT2D eigenvalue weighted by Gasteiger charge is 2.32. The van der Waals surface area contributed by atoms with Crippen LogP contribution in [0.1, 0.15) is 51.9 Å². The molecule has 1 aliphatic carbocycles. The van der Waals surface area contributed by atoms with Gasteiger partial charge in [-0.15, -0.1) is 0 Å². The lowest BCUT2D eigenvalue weighted by atomic mass is 9.92. The van der Waals surface area contributed by atoms with E-state index in [1.165, 1.54) is 25.7 Å². The maximum Gasteiger partial charge on any atom is 0.0804 e. The van der Waals surface area contributed by atoms with E-state index in [2.05, 4.69) is 6.92 Å². The van der Waals surface area contributed by atoms with Crippen LogP contribution in [0.25, 0.3) is 0 Å². The summed E-state index contributed by atoms with van der Waals surface area (Å²) >= 11 is 0. The van der Waals surface area contributed by atoms with Crippen molar-refractivity contribution in [3.8, 4) is 0 Å². The first-order valence-corrected chi connectivity index (χ1v) is 6.71. The molecular weight excluding hydrogens is 202 g/mol. The van der Waals surface area contributed by atoms with Crippen LogP contribution in [0.2, 0.25) is 0 Å². The van der Waals surface area contributed by atoms with E-state index in [9.17, 15) is 0 Å². The number of hydrogen-bond donors (Lipinski definition) is 2. The fraction of sp³-hybridized carbons (Fsp3) is 1.00. The van der Waals surface area contributed by atoms with Crippen LogP contribution in [0.15, 0.2) is 0 Å². The Balaban J connectivity index is 2.44. The van der Waals surface area contributed by atoms with Gasteiger partial charge in [0.1, 0.15) is 0 Å². The van der Waals surface area contributed by atoms with Crippen LogP contribution in [0, 0.1) is 5.92 Å². The maximum atomic E-state index is 8.78. The Hall–Kier alpha value is -0.120. The van der Waals surface area contributed by atoms with Gasteiger partial charge >= 0.3 is 0 Å². The fourth-order valence-electron chi connectivity index (χ4n) is 2.62. The molecule has 0 bridgehead atoms. The normalized spacial score (nSPS) is 31.3. The standard InChI is InChI=1S/C13H27NO2/c1-2-12-5-3-7-13(11-14,8-6-12)16-10-4-9-15/h12,15H,2-11,14H2,1H3. The molecule has 1 aliphatic rings. The van der Waals surface area contributed by atoms with Gasteiger partial charge in [-0.3, -0.25) is 0 Å². The summed E-state index contributed by atoms with van der Waals surface area (Å²) in [4.78, 5) is 0. The lowest BCUT2D eigenvalue weighted by molar-refractivity contribution is -0.0539. The second kappa shape index (κ2) is 7.25. The Kier molecular flexibility index (Phi) is 6.32. The smallest absolute Gasteiger partial charge is 0.0804 e. The molecule has 96 valence electrons. The molecule has 0 saturated heterocycles. The third-order valence-corrected chi connectivity index (χ3v) is 3.91. The van der Waals surface area contributed by atoms with Crippen molar-refractivity contribution in [2.24, 2.45) is 11.7 Å². The van der Waals surface area contributed by atoms with Crippen molar-refractivity contribution in [3.05, 3.63) is 0 Å². The topological polar surface area (TPSA) is 55.5 Å². The molecule has 0 amide bonds. The molecule has 3 nitrogen and oxygen atoms in total. The lowest BCUT2D eigenvalue weighted by Gasteiger charge is -2.31. The summed E-state index contributed by atoms with van der Waals surface area (Å²) in [6, 6.07) is 0. The van der Waals surface area contributed by atoms with Gasteiger partial charge in [0.05, 0.1) is 5.60 Å². The highest BCUT2D eigenvalue weighted by Crippen LogP contribution is 2.33. The molecule has 1 rings (SSSR count). The van der Waals surface area contributed by atoms with E-state index in [4.69, 9.17) is 15.6 Å². The third kappa shape index (κ3) is 4.04. The monoisotopic (exact) mass is 229 g/mol. The molecule has 0 aromatic heterocycles. The SMILES string of the molecule is CCC1CCCC(CN)(OCCCO)CC1. The number of aliphatic hydroxyl groups excluding tert-OH is 1. The van der Waals surface area contributed by atoms with Gasteiger partial charge in [0.25, 0.3) is 0 Å². The van der Waals surface area contributed by atoms with Crippen molar-refractivity contribution in [2.45, 2.75) is 57.5 Å². The zero-order valence-corrected chi connectivity index (χ0v) is 10.6. The van der Waals surface area contributed by atoms with E-state index in [1.54, 1.807) is 0 Å². The molecule has 0 aromatic carbocycles. The molecule has 0 heterocycles. The van der Waals surface area contributed by atoms with E-state index in [1.807, 2.05) is 0 Å². The van der Waals surface area contributed by atoms with Crippen LogP contribution in [0.5, 0.6) is 0 Å². The molecule has 0 aliphatic heterocycles. The molecule has 2 atom stereocenters.